The minimum Gasteiger partial charge on any atom is -0.207 e. The summed E-state index contributed by atoms with van der Waals surface area (Å²) in [6.07, 6.45) is 2.64. The van der Waals surface area contributed by atoms with Gasteiger partial charge in [-0.15, -0.1) is 4.13 Å². The summed E-state index contributed by atoms with van der Waals surface area (Å²) < 4.78 is 48.9. The van der Waals surface area contributed by atoms with Crippen LogP contribution in [0.4, 0.5) is 0 Å². The van der Waals surface area contributed by atoms with E-state index in [4.69, 9.17) is 0 Å². The molecule has 5 nitrogen and oxygen atoms in total. The minimum atomic E-state index is -4.11. The SMILES string of the molecule is O=S(=O)(/C=C\c1ccccc1)NS(=O)(=O)/C=C/c1ccccc1. The topological polar surface area (TPSA) is 80.3 Å². The van der Waals surface area contributed by atoms with Crippen molar-refractivity contribution in [1.29, 1.82) is 0 Å². The van der Waals surface area contributed by atoms with Crippen molar-refractivity contribution in [2.45, 2.75) is 0 Å². The van der Waals surface area contributed by atoms with E-state index >= 15 is 0 Å². The van der Waals surface area contributed by atoms with E-state index in [-0.39, 0.29) is 0 Å². The number of benzene rings is 2. The molecule has 23 heavy (non-hydrogen) atoms. The molecule has 2 aromatic rings. The molecule has 0 aromatic heterocycles. The Morgan fingerprint density at radius 1 is 0.609 bits per heavy atom. The van der Waals surface area contributed by atoms with Crippen molar-refractivity contribution >= 4 is 32.2 Å². The third-order valence-electron chi connectivity index (χ3n) is 2.71. The lowest BCUT2D eigenvalue weighted by Crippen LogP contribution is -2.26. The fourth-order valence-electron chi connectivity index (χ4n) is 1.68. The third kappa shape index (κ3) is 6.19. The normalized spacial score (nSPS) is 12.9. The first kappa shape index (κ1) is 17.1. The smallest absolute Gasteiger partial charge is 0.207 e. The lowest BCUT2D eigenvalue weighted by Gasteiger charge is -2.00. The third-order valence-corrected chi connectivity index (χ3v) is 5.56. The molecule has 1 N–H and O–H groups in total. The molecule has 0 fully saturated rings. The first-order valence-electron chi connectivity index (χ1n) is 6.61. The van der Waals surface area contributed by atoms with Gasteiger partial charge in [-0.25, -0.2) is 16.8 Å². The van der Waals surface area contributed by atoms with Gasteiger partial charge in [0.25, 0.3) is 0 Å². The molecule has 0 unspecified atom stereocenters. The summed E-state index contributed by atoms with van der Waals surface area (Å²) in [5.74, 6) is 0. The van der Waals surface area contributed by atoms with Gasteiger partial charge < -0.3 is 0 Å². The molecule has 0 radical (unpaired) electrons. The van der Waals surface area contributed by atoms with E-state index in [2.05, 4.69) is 0 Å². The van der Waals surface area contributed by atoms with Gasteiger partial charge in [0.2, 0.25) is 20.0 Å². The van der Waals surface area contributed by atoms with Gasteiger partial charge in [0.15, 0.2) is 0 Å². The fraction of sp³-hybridized carbons (Fsp3) is 0. The average molecular weight is 349 g/mol. The molecular weight excluding hydrogens is 334 g/mol. The van der Waals surface area contributed by atoms with E-state index in [1.54, 1.807) is 64.8 Å². The van der Waals surface area contributed by atoms with E-state index in [0.29, 0.717) is 11.1 Å². The summed E-state index contributed by atoms with van der Waals surface area (Å²) in [7, 11) is -8.22. The Kier molecular flexibility index (Phi) is 5.49. The highest BCUT2D eigenvalue weighted by Gasteiger charge is 2.15. The number of rotatable bonds is 6. The Balaban J connectivity index is 2.10. The van der Waals surface area contributed by atoms with Gasteiger partial charge in [-0.3, -0.25) is 0 Å². The molecule has 0 aliphatic rings. The first-order chi connectivity index (χ1) is 10.9. The van der Waals surface area contributed by atoms with Crippen LogP contribution in [0.1, 0.15) is 11.1 Å². The Morgan fingerprint density at radius 2 is 0.957 bits per heavy atom. The molecule has 0 saturated carbocycles. The second kappa shape index (κ2) is 7.36. The molecular formula is C16H15NO4S2. The summed E-state index contributed by atoms with van der Waals surface area (Å²) in [6, 6.07) is 17.4. The van der Waals surface area contributed by atoms with Crippen molar-refractivity contribution in [2.24, 2.45) is 0 Å². The van der Waals surface area contributed by atoms with E-state index < -0.39 is 20.0 Å². The fourth-order valence-corrected chi connectivity index (χ4v) is 4.09. The lowest BCUT2D eigenvalue weighted by molar-refractivity contribution is 0.587. The zero-order chi connectivity index (χ0) is 16.8. The van der Waals surface area contributed by atoms with Gasteiger partial charge in [-0.2, -0.15) is 0 Å². The predicted octanol–water partition coefficient (Wildman–Crippen LogP) is 2.58. The molecule has 0 spiro atoms. The molecule has 2 rings (SSSR count). The quantitative estimate of drug-likeness (QED) is 0.869. The van der Waals surface area contributed by atoms with E-state index in [0.717, 1.165) is 10.8 Å². The van der Waals surface area contributed by atoms with Gasteiger partial charge >= 0.3 is 0 Å². The standard InChI is InChI=1S/C16H15NO4S2/c18-22(19,13-11-15-7-3-1-4-8-15)17-23(20,21)14-12-16-9-5-2-6-10-16/h1-14,17H/b13-11-,14-12+. The lowest BCUT2D eigenvalue weighted by atomic mass is 10.2. The zero-order valence-corrected chi connectivity index (χ0v) is 13.7. The average Bonchev–Trinajstić information content (AvgIpc) is 2.52. The second-order valence-electron chi connectivity index (χ2n) is 4.60. The summed E-state index contributed by atoms with van der Waals surface area (Å²) in [6.45, 7) is 0. The Morgan fingerprint density at radius 3 is 1.30 bits per heavy atom. The maximum Gasteiger partial charge on any atom is 0.246 e. The molecule has 7 heteroatoms. The summed E-state index contributed by atoms with van der Waals surface area (Å²) >= 11 is 0. The van der Waals surface area contributed by atoms with Gasteiger partial charge in [-0.1, -0.05) is 60.7 Å². The van der Waals surface area contributed by atoms with Crippen LogP contribution in [0.3, 0.4) is 0 Å². The maximum atomic E-state index is 11.8. The summed E-state index contributed by atoms with van der Waals surface area (Å²) in [5.41, 5.74) is 1.30. The largest absolute Gasteiger partial charge is 0.246 e. The Hall–Kier alpha value is -2.22. The number of nitrogens with one attached hydrogen (secondary N) is 1. The number of sulfonamides is 2. The predicted molar refractivity (Wildman–Crippen MR) is 91.9 cm³/mol. The van der Waals surface area contributed by atoms with E-state index in [1.165, 1.54) is 12.2 Å². The van der Waals surface area contributed by atoms with Crippen LogP contribution >= 0.6 is 0 Å². The highest BCUT2D eigenvalue weighted by molar-refractivity contribution is 8.07. The molecule has 0 amide bonds. The monoisotopic (exact) mass is 349 g/mol. The van der Waals surface area contributed by atoms with Crippen LogP contribution in [0.5, 0.6) is 0 Å². The zero-order valence-electron chi connectivity index (χ0n) is 12.0. The number of hydrogen-bond donors (Lipinski definition) is 1. The highest BCUT2D eigenvalue weighted by atomic mass is 32.3. The molecule has 2 aromatic carbocycles. The van der Waals surface area contributed by atoms with Crippen LogP contribution in [-0.4, -0.2) is 16.8 Å². The molecule has 0 heterocycles. The van der Waals surface area contributed by atoms with Crippen LogP contribution < -0.4 is 4.13 Å². The molecule has 0 bridgehead atoms. The van der Waals surface area contributed by atoms with Crippen molar-refractivity contribution in [3.05, 3.63) is 82.6 Å². The van der Waals surface area contributed by atoms with Crippen LogP contribution in [-0.2, 0) is 20.0 Å². The van der Waals surface area contributed by atoms with Crippen LogP contribution in [0.2, 0.25) is 0 Å². The molecule has 0 aliphatic heterocycles. The van der Waals surface area contributed by atoms with Gasteiger partial charge in [0, 0.05) is 10.8 Å². The van der Waals surface area contributed by atoms with Crippen LogP contribution in [0.15, 0.2) is 71.5 Å². The van der Waals surface area contributed by atoms with Crippen molar-refractivity contribution in [2.75, 3.05) is 0 Å². The highest BCUT2D eigenvalue weighted by Crippen LogP contribution is 2.06. The molecule has 0 saturated heterocycles. The van der Waals surface area contributed by atoms with Crippen molar-refractivity contribution in [1.82, 2.24) is 4.13 Å². The molecule has 0 aliphatic carbocycles. The van der Waals surface area contributed by atoms with Crippen LogP contribution in [0.25, 0.3) is 12.2 Å². The Labute approximate surface area is 136 Å². The van der Waals surface area contributed by atoms with E-state index in [9.17, 15) is 16.8 Å². The van der Waals surface area contributed by atoms with Gasteiger partial charge in [0.05, 0.1) is 0 Å². The second-order valence-corrected chi connectivity index (χ2v) is 7.99. The van der Waals surface area contributed by atoms with Gasteiger partial charge in [-0.05, 0) is 23.3 Å². The van der Waals surface area contributed by atoms with Crippen LogP contribution in [0, 0.1) is 0 Å². The van der Waals surface area contributed by atoms with Gasteiger partial charge in [0.1, 0.15) is 0 Å². The van der Waals surface area contributed by atoms with Crippen molar-refractivity contribution in [3.63, 3.8) is 0 Å². The number of hydrogen-bond acceptors (Lipinski definition) is 4. The summed E-state index contributed by atoms with van der Waals surface area (Å²) in [4.78, 5) is 0. The van der Waals surface area contributed by atoms with E-state index in [1.807, 2.05) is 0 Å². The van der Waals surface area contributed by atoms with Crippen molar-refractivity contribution < 1.29 is 16.8 Å². The Bertz CT molecular complexity index is 824. The minimum absolute atomic E-state index is 0.648. The van der Waals surface area contributed by atoms with Crippen molar-refractivity contribution in [3.8, 4) is 0 Å². The summed E-state index contributed by atoms with van der Waals surface area (Å²) in [5, 5.41) is 1.63. The molecule has 0 atom stereocenters. The maximum absolute atomic E-state index is 11.8. The first-order valence-corrected chi connectivity index (χ1v) is 9.70. The molecule has 120 valence electrons.